The summed E-state index contributed by atoms with van der Waals surface area (Å²) in [4.78, 5) is 24.6. The monoisotopic (exact) mass is 380 g/mol. The fourth-order valence-electron chi connectivity index (χ4n) is 2.52. The van der Waals surface area contributed by atoms with E-state index in [9.17, 15) is 9.59 Å². The number of amides is 2. The molecule has 0 spiro atoms. The van der Waals surface area contributed by atoms with E-state index in [-0.39, 0.29) is 24.0 Å². The highest BCUT2D eigenvalue weighted by Gasteiger charge is 2.19. The van der Waals surface area contributed by atoms with Crippen LogP contribution in [0.25, 0.3) is 0 Å². The van der Waals surface area contributed by atoms with Gasteiger partial charge >= 0.3 is 0 Å². The summed E-state index contributed by atoms with van der Waals surface area (Å²) in [5.74, 6) is -0.175. The lowest BCUT2D eigenvalue weighted by molar-refractivity contribution is -0.116. The minimum atomic E-state index is -0.520. The van der Waals surface area contributed by atoms with Gasteiger partial charge in [0.25, 0.3) is 5.91 Å². The molecule has 0 atom stereocenters. The highest BCUT2D eigenvalue weighted by atomic mass is 16.5. The minimum Gasteiger partial charge on any atom is -0.497 e. The normalized spacial score (nSPS) is 10.4. The Morgan fingerprint density at radius 1 is 1.11 bits per heavy atom. The van der Waals surface area contributed by atoms with Crippen LogP contribution >= 0.6 is 0 Å². The van der Waals surface area contributed by atoms with E-state index in [4.69, 9.17) is 10.5 Å². The topological polar surface area (TPSA) is 124 Å². The fourth-order valence-corrected chi connectivity index (χ4v) is 2.52. The first-order valence-electron chi connectivity index (χ1n) is 8.47. The van der Waals surface area contributed by atoms with Crippen molar-refractivity contribution in [3.05, 3.63) is 59.8 Å². The number of nitrogen functional groups attached to an aromatic ring is 1. The Morgan fingerprint density at radius 3 is 2.54 bits per heavy atom. The van der Waals surface area contributed by atoms with E-state index < -0.39 is 5.91 Å². The van der Waals surface area contributed by atoms with Crippen LogP contribution in [0.5, 0.6) is 5.75 Å². The van der Waals surface area contributed by atoms with Crippen molar-refractivity contribution >= 4 is 29.0 Å². The first-order valence-corrected chi connectivity index (χ1v) is 8.47. The summed E-state index contributed by atoms with van der Waals surface area (Å²) >= 11 is 0. The quantitative estimate of drug-likeness (QED) is 0.601. The summed E-state index contributed by atoms with van der Waals surface area (Å²) in [6.07, 6.45) is 0. The van der Waals surface area contributed by atoms with Crippen molar-refractivity contribution in [3.8, 4) is 5.75 Å². The molecule has 9 nitrogen and oxygen atoms in total. The molecule has 0 fully saturated rings. The van der Waals surface area contributed by atoms with Crippen molar-refractivity contribution in [2.75, 3.05) is 23.5 Å². The predicted octanol–water partition coefficient (Wildman–Crippen LogP) is 2.07. The number of hydrogen-bond donors (Lipinski definition) is 3. The second-order valence-electron chi connectivity index (χ2n) is 6.08. The zero-order valence-electron chi connectivity index (χ0n) is 15.5. The molecule has 1 aromatic heterocycles. The highest BCUT2D eigenvalue weighted by Crippen LogP contribution is 2.17. The second-order valence-corrected chi connectivity index (χ2v) is 6.08. The SMILES string of the molecule is COc1ccc(NC(=O)c2nnn(CC(=O)Nc3cccc(C)c3)c2N)cc1. The number of rotatable bonds is 6. The molecule has 3 aromatic rings. The standard InChI is InChI=1S/C19H20N6O3/c1-12-4-3-5-14(10-12)21-16(26)11-25-18(20)17(23-24-25)19(27)22-13-6-8-15(28-2)9-7-13/h3-10H,11,20H2,1-2H3,(H,21,26)(H,22,27). The smallest absolute Gasteiger partial charge is 0.280 e. The molecule has 0 radical (unpaired) electrons. The Kier molecular flexibility index (Phi) is 5.54. The zero-order valence-corrected chi connectivity index (χ0v) is 15.5. The van der Waals surface area contributed by atoms with Crippen molar-refractivity contribution in [1.29, 1.82) is 0 Å². The highest BCUT2D eigenvalue weighted by molar-refractivity contribution is 6.05. The minimum absolute atomic E-state index is 0.00500. The van der Waals surface area contributed by atoms with Crippen molar-refractivity contribution < 1.29 is 14.3 Å². The van der Waals surface area contributed by atoms with Crippen LogP contribution in [0.2, 0.25) is 0 Å². The summed E-state index contributed by atoms with van der Waals surface area (Å²) in [6.45, 7) is 1.77. The van der Waals surface area contributed by atoms with Gasteiger partial charge in [-0.05, 0) is 48.9 Å². The van der Waals surface area contributed by atoms with Crippen LogP contribution in [-0.4, -0.2) is 33.9 Å². The molecule has 2 amide bonds. The number of nitrogens with zero attached hydrogens (tertiary/aromatic N) is 3. The molecule has 0 aliphatic carbocycles. The summed E-state index contributed by atoms with van der Waals surface area (Å²) in [5, 5.41) is 13.0. The molecule has 28 heavy (non-hydrogen) atoms. The van der Waals surface area contributed by atoms with Gasteiger partial charge in [-0.25, -0.2) is 4.68 Å². The summed E-state index contributed by atoms with van der Waals surface area (Å²) < 4.78 is 6.25. The summed E-state index contributed by atoms with van der Waals surface area (Å²) in [5.41, 5.74) is 8.13. The van der Waals surface area contributed by atoms with Gasteiger partial charge in [0, 0.05) is 11.4 Å². The average molecular weight is 380 g/mol. The largest absolute Gasteiger partial charge is 0.497 e. The lowest BCUT2D eigenvalue weighted by Gasteiger charge is -2.07. The van der Waals surface area contributed by atoms with Gasteiger partial charge < -0.3 is 21.1 Å². The number of carbonyl (C=O) groups excluding carboxylic acids is 2. The molecule has 4 N–H and O–H groups in total. The Hall–Kier alpha value is -3.88. The number of carbonyl (C=O) groups is 2. The Bertz CT molecular complexity index is 997. The maximum atomic E-state index is 12.4. The van der Waals surface area contributed by atoms with E-state index in [0.717, 1.165) is 5.56 Å². The van der Waals surface area contributed by atoms with Gasteiger partial charge in [-0.15, -0.1) is 5.10 Å². The van der Waals surface area contributed by atoms with Crippen LogP contribution in [0.1, 0.15) is 16.1 Å². The molecule has 1 heterocycles. The van der Waals surface area contributed by atoms with E-state index >= 15 is 0 Å². The third-order valence-corrected chi connectivity index (χ3v) is 3.93. The molecule has 9 heteroatoms. The van der Waals surface area contributed by atoms with E-state index in [1.54, 1.807) is 37.4 Å². The number of nitrogens with one attached hydrogen (secondary N) is 2. The summed E-state index contributed by atoms with van der Waals surface area (Å²) in [6, 6.07) is 14.2. The van der Waals surface area contributed by atoms with Crippen molar-refractivity contribution in [2.45, 2.75) is 13.5 Å². The van der Waals surface area contributed by atoms with Gasteiger partial charge in [0.1, 0.15) is 12.3 Å². The molecular weight excluding hydrogens is 360 g/mol. The van der Waals surface area contributed by atoms with Crippen molar-refractivity contribution in [3.63, 3.8) is 0 Å². The first kappa shape index (κ1) is 18.9. The molecule has 144 valence electrons. The van der Waals surface area contributed by atoms with Gasteiger partial charge in [-0.1, -0.05) is 17.3 Å². The third kappa shape index (κ3) is 4.44. The third-order valence-electron chi connectivity index (χ3n) is 3.93. The van der Waals surface area contributed by atoms with E-state index in [1.165, 1.54) is 4.68 Å². The Morgan fingerprint density at radius 2 is 1.86 bits per heavy atom. The predicted molar refractivity (Wildman–Crippen MR) is 105 cm³/mol. The van der Waals surface area contributed by atoms with Crippen LogP contribution in [0.3, 0.4) is 0 Å². The number of nitrogens with two attached hydrogens (primary N) is 1. The average Bonchev–Trinajstić information content (AvgIpc) is 3.02. The molecular formula is C19H20N6O3. The van der Waals surface area contributed by atoms with Crippen LogP contribution < -0.4 is 21.1 Å². The van der Waals surface area contributed by atoms with E-state index in [1.807, 2.05) is 25.1 Å². The Balaban J connectivity index is 1.65. The molecule has 0 saturated carbocycles. The number of hydrogen-bond acceptors (Lipinski definition) is 6. The number of ether oxygens (including phenoxy) is 1. The first-order chi connectivity index (χ1) is 13.5. The summed E-state index contributed by atoms with van der Waals surface area (Å²) in [7, 11) is 1.56. The van der Waals surface area contributed by atoms with Crippen LogP contribution in [-0.2, 0) is 11.3 Å². The van der Waals surface area contributed by atoms with Gasteiger partial charge in [0.2, 0.25) is 5.91 Å². The number of anilines is 3. The van der Waals surface area contributed by atoms with Gasteiger partial charge in [-0.3, -0.25) is 9.59 Å². The lowest BCUT2D eigenvalue weighted by atomic mass is 10.2. The molecule has 3 rings (SSSR count). The maximum Gasteiger partial charge on any atom is 0.280 e. The Labute approximate surface area is 161 Å². The molecule has 2 aromatic carbocycles. The van der Waals surface area contributed by atoms with Crippen molar-refractivity contribution in [2.24, 2.45) is 0 Å². The fraction of sp³-hybridized carbons (Fsp3) is 0.158. The van der Waals surface area contributed by atoms with Gasteiger partial charge in [-0.2, -0.15) is 0 Å². The van der Waals surface area contributed by atoms with Gasteiger partial charge in [0.15, 0.2) is 11.5 Å². The second kappa shape index (κ2) is 8.21. The van der Waals surface area contributed by atoms with E-state index in [2.05, 4.69) is 20.9 Å². The zero-order chi connectivity index (χ0) is 20.1. The number of aryl methyl sites for hydroxylation is 1. The van der Waals surface area contributed by atoms with Crippen molar-refractivity contribution in [1.82, 2.24) is 15.0 Å². The number of aromatic nitrogens is 3. The molecule has 0 unspecified atom stereocenters. The number of methoxy groups -OCH3 is 1. The van der Waals surface area contributed by atoms with E-state index in [0.29, 0.717) is 17.1 Å². The maximum absolute atomic E-state index is 12.4. The van der Waals surface area contributed by atoms with Crippen LogP contribution in [0, 0.1) is 6.92 Å². The number of benzene rings is 2. The van der Waals surface area contributed by atoms with Crippen LogP contribution in [0.15, 0.2) is 48.5 Å². The molecule has 0 aliphatic heterocycles. The molecule has 0 aliphatic rings. The molecule has 0 saturated heterocycles. The van der Waals surface area contributed by atoms with Crippen LogP contribution in [0.4, 0.5) is 17.2 Å². The van der Waals surface area contributed by atoms with Gasteiger partial charge in [0.05, 0.1) is 7.11 Å². The lowest BCUT2D eigenvalue weighted by Crippen LogP contribution is -2.21. The molecule has 0 bridgehead atoms.